The average molecular weight is 456 g/mol. The van der Waals surface area contributed by atoms with E-state index < -0.39 is 35.7 Å². The molecule has 1 fully saturated rings. The summed E-state index contributed by atoms with van der Waals surface area (Å²) in [4.78, 5) is 62.7. The van der Waals surface area contributed by atoms with Gasteiger partial charge < -0.3 is 10.6 Å². The van der Waals surface area contributed by atoms with Crippen molar-refractivity contribution in [1.82, 2.24) is 15.5 Å². The lowest BCUT2D eigenvalue weighted by Crippen LogP contribution is -2.54. The smallest absolute Gasteiger partial charge is 0.319 e. The second kappa shape index (κ2) is 8.43. The van der Waals surface area contributed by atoms with Crippen molar-refractivity contribution >= 4 is 46.1 Å². The highest BCUT2D eigenvalue weighted by molar-refractivity contribution is 6.23. The molecule has 0 saturated carbocycles. The second-order valence-electron chi connectivity index (χ2n) is 8.16. The second-order valence-corrected chi connectivity index (χ2v) is 8.16. The number of anilines is 1. The molecule has 0 aromatic heterocycles. The molecule has 5 rings (SSSR count). The van der Waals surface area contributed by atoms with Crippen molar-refractivity contribution in [2.45, 2.75) is 25.4 Å². The number of piperidine rings is 1. The number of rotatable bonds is 4. The molecule has 9 nitrogen and oxygen atoms in total. The molecule has 6 amide bonds. The van der Waals surface area contributed by atoms with Gasteiger partial charge in [0.05, 0.1) is 16.8 Å². The summed E-state index contributed by atoms with van der Waals surface area (Å²) in [5, 5.41) is 9.67. The average Bonchev–Trinajstić information content (AvgIpc) is 3.07. The van der Waals surface area contributed by atoms with Crippen LogP contribution >= 0.6 is 0 Å². The van der Waals surface area contributed by atoms with Crippen molar-refractivity contribution in [1.29, 1.82) is 0 Å². The van der Waals surface area contributed by atoms with E-state index in [0.29, 0.717) is 11.3 Å². The molecule has 0 bridgehead atoms. The number of urea groups is 1. The largest absolute Gasteiger partial charge is 0.334 e. The lowest BCUT2D eigenvalue weighted by Gasteiger charge is -2.27. The third kappa shape index (κ3) is 3.77. The first-order valence-electron chi connectivity index (χ1n) is 10.8. The quantitative estimate of drug-likeness (QED) is 0.521. The van der Waals surface area contributed by atoms with Gasteiger partial charge in [-0.3, -0.25) is 29.4 Å². The highest BCUT2D eigenvalue weighted by Crippen LogP contribution is 2.28. The topological polar surface area (TPSA) is 125 Å². The van der Waals surface area contributed by atoms with Crippen molar-refractivity contribution < 1.29 is 24.0 Å². The Morgan fingerprint density at radius 3 is 2.53 bits per heavy atom. The van der Waals surface area contributed by atoms with Crippen molar-refractivity contribution in [2.24, 2.45) is 0 Å². The van der Waals surface area contributed by atoms with Crippen LogP contribution in [0.5, 0.6) is 0 Å². The number of benzene rings is 3. The fraction of sp³-hybridized carbons (Fsp3) is 0.160. The fourth-order valence-electron chi connectivity index (χ4n) is 4.31. The van der Waals surface area contributed by atoms with Gasteiger partial charge in [-0.25, -0.2) is 4.79 Å². The summed E-state index contributed by atoms with van der Waals surface area (Å²) >= 11 is 0. The van der Waals surface area contributed by atoms with Crippen LogP contribution in [0.2, 0.25) is 0 Å². The molecule has 3 aromatic carbocycles. The van der Waals surface area contributed by atoms with Crippen LogP contribution in [-0.2, 0) is 16.1 Å². The summed E-state index contributed by atoms with van der Waals surface area (Å²) in [5.41, 5.74) is 1.66. The Morgan fingerprint density at radius 2 is 1.71 bits per heavy atom. The monoisotopic (exact) mass is 456 g/mol. The first-order valence-corrected chi connectivity index (χ1v) is 10.8. The SMILES string of the molecule is O=C1CCC(N2C(=O)c3ccc(CNC(=O)Nc4cccc5ccccc45)cc3C2=O)C(=O)N1. The van der Waals surface area contributed by atoms with Crippen LogP contribution in [0.1, 0.15) is 39.1 Å². The molecule has 2 heterocycles. The zero-order valence-electron chi connectivity index (χ0n) is 18.0. The molecule has 0 aliphatic carbocycles. The van der Waals surface area contributed by atoms with E-state index in [0.717, 1.165) is 15.7 Å². The van der Waals surface area contributed by atoms with Gasteiger partial charge in [0, 0.05) is 18.4 Å². The van der Waals surface area contributed by atoms with Gasteiger partial charge in [-0.05, 0) is 35.6 Å². The van der Waals surface area contributed by atoms with E-state index in [1.807, 2.05) is 42.5 Å². The lowest BCUT2D eigenvalue weighted by atomic mass is 10.0. The first-order chi connectivity index (χ1) is 16.4. The van der Waals surface area contributed by atoms with Gasteiger partial charge in [-0.2, -0.15) is 0 Å². The maximum atomic E-state index is 12.9. The van der Waals surface area contributed by atoms with Gasteiger partial charge in [0.2, 0.25) is 11.8 Å². The minimum absolute atomic E-state index is 0.0603. The Bertz CT molecular complexity index is 1380. The van der Waals surface area contributed by atoms with E-state index in [1.54, 1.807) is 12.1 Å². The van der Waals surface area contributed by atoms with E-state index in [9.17, 15) is 24.0 Å². The van der Waals surface area contributed by atoms with Crippen LogP contribution in [-0.4, -0.2) is 40.6 Å². The molecular weight excluding hydrogens is 436 g/mol. The molecule has 2 aliphatic heterocycles. The molecule has 3 N–H and O–H groups in total. The van der Waals surface area contributed by atoms with E-state index in [4.69, 9.17) is 0 Å². The van der Waals surface area contributed by atoms with Crippen LogP contribution < -0.4 is 16.0 Å². The Kier molecular flexibility index (Phi) is 5.29. The van der Waals surface area contributed by atoms with Crippen molar-refractivity contribution in [2.75, 3.05) is 5.32 Å². The number of carbonyl (C=O) groups is 5. The molecule has 170 valence electrons. The van der Waals surface area contributed by atoms with Crippen molar-refractivity contribution in [3.63, 3.8) is 0 Å². The Hall–Kier alpha value is -4.53. The highest BCUT2D eigenvalue weighted by Gasteiger charge is 2.44. The van der Waals surface area contributed by atoms with Crippen molar-refractivity contribution in [3.8, 4) is 0 Å². The summed E-state index contributed by atoms with van der Waals surface area (Å²) in [6.45, 7) is 0.129. The number of fused-ring (bicyclic) bond motifs is 2. The normalized spacial score (nSPS) is 17.5. The molecule has 1 atom stereocenters. The molecular formula is C25H20N4O5. The fourth-order valence-corrected chi connectivity index (χ4v) is 4.31. The summed E-state index contributed by atoms with van der Waals surface area (Å²) in [5.74, 6) is -2.23. The van der Waals surface area contributed by atoms with Gasteiger partial charge >= 0.3 is 6.03 Å². The summed E-state index contributed by atoms with van der Waals surface area (Å²) < 4.78 is 0. The Labute approximate surface area is 194 Å². The molecule has 2 aliphatic rings. The minimum Gasteiger partial charge on any atom is -0.334 e. The maximum Gasteiger partial charge on any atom is 0.319 e. The number of hydrogen-bond acceptors (Lipinski definition) is 5. The number of amides is 6. The standard InChI is InChI=1S/C25H20N4O5/c30-21-11-10-20(22(31)28-21)29-23(32)17-9-8-14(12-18(17)24(29)33)13-26-25(34)27-19-7-3-5-15-4-1-2-6-16(15)19/h1-9,12,20H,10-11,13H2,(H2,26,27,34)(H,28,30,31). The van der Waals surface area contributed by atoms with Crippen LogP contribution in [0.15, 0.2) is 60.7 Å². The predicted molar refractivity (Wildman–Crippen MR) is 123 cm³/mol. The molecule has 0 radical (unpaired) electrons. The number of nitrogens with zero attached hydrogens (tertiary/aromatic N) is 1. The summed E-state index contributed by atoms with van der Waals surface area (Å²) in [6.07, 6.45) is 0.156. The predicted octanol–water partition coefficient (Wildman–Crippen LogP) is 2.56. The summed E-state index contributed by atoms with van der Waals surface area (Å²) in [7, 11) is 0. The zero-order chi connectivity index (χ0) is 23.8. The third-order valence-electron chi connectivity index (χ3n) is 6.00. The minimum atomic E-state index is -1.02. The Balaban J connectivity index is 1.28. The van der Waals surface area contributed by atoms with Crippen LogP contribution in [0.25, 0.3) is 10.8 Å². The van der Waals surface area contributed by atoms with Gasteiger partial charge in [0.15, 0.2) is 0 Å². The van der Waals surface area contributed by atoms with Crippen LogP contribution in [0.3, 0.4) is 0 Å². The van der Waals surface area contributed by atoms with E-state index in [2.05, 4.69) is 16.0 Å². The van der Waals surface area contributed by atoms with Gasteiger partial charge in [-0.15, -0.1) is 0 Å². The number of hydrogen-bond donors (Lipinski definition) is 3. The molecule has 3 aromatic rings. The highest BCUT2D eigenvalue weighted by atomic mass is 16.2. The van der Waals surface area contributed by atoms with E-state index in [-0.39, 0.29) is 30.5 Å². The molecule has 1 saturated heterocycles. The third-order valence-corrected chi connectivity index (χ3v) is 6.00. The van der Waals surface area contributed by atoms with Gasteiger partial charge in [0.1, 0.15) is 6.04 Å². The van der Waals surface area contributed by atoms with Gasteiger partial charge in [-0.1, -0.05) is 42.5 Å². The number of carbonyl (C=O) groups excluding carboxylic acids is 5. The molecule has 1 unspecified atom stereocenters. The molecule has 34 heavy (non-hydrogen) atoms. The molecule has 9 heteroatoms. The number of imide groups is 2. The maximum absolute atomic E-state index is 12.9. The summed E-state index contributed by atoms with van der Waals surface area (Å²) in [6, 6.07) is 16.6. The number of nitrogens with one attached hydrogen (secondary N) is 3. The van der Waals surface area contributed by atoms with E-state index >= 15 is 0 Å². The van der Waals surface area contributed by atoms with Crippen LogP contribution in [0.4, 0.5) is 10.5 Å². The van der Waals surface area contributed by atoms with Crippen molar-refractivity contribution in [3.05, 3.63) is 77.4 Å². The lowest BCUT2D eigenvalue weighted by molar-refractivity contribution is -0.136. The van der Waals surface area contributed by atoms with Gasteiger partial charge in [0.25, 0.3) is 11.8 Å². The molecule has 0 spiro atoms. The van der Waals surface area contributed by atoms with Crippen LogP contribution in [0, 0.1) is 0 Å². The Morgan fingerprint density at radius 1 is 0.941 bits per heavy atom. The first kappa shape index (κ1) is 21.3. The van der Waals surface area contributed by atoms with E-state index in [1.165, 1.54) is 6.07 Å². The zero-order valence-corrected chi connectivity index (χ0v) is 18.0.